The maximum Gasteiger partial charge on any atom is 0.307 e. The van der Waals surface area contributed by atoms with Crippen LogP contribution in [-0.4, -0.2) is 43.3 Å². The monoisotopic (exact) mass is 341 g/mol. The molecule has 1 aromatic carbocycles. The minimum atomic E-state index is -3.42. The van der Waals surface area contributed by atoms with E-state index in [2.05, 4.69) is 0 Å². The van der Waals surface area contributed by atoms with Gasteiger partial charge in [0, 0.05) is 6.04 Å². The number of carbonyl (C=O) groups excluding carboxylic acids is 1. The molecule has 0 saturated carbocycles. The third-order valence-corrected chi connectivity index (χ3v) is 5.32. The number of hydrogen-bond donors (Lipinski definition) is 1. The summed E-state index contributed by atoms with van der Waals surface area (Å²) in [6.45, 7) is 5.08. The average molecular weight is 341 g/mol. The van der Waals surface area contributed by atoms with Crippen LogP contribution in [0.25, 0.3) is 0 Å². The lowest BCUT2D eigenvalue weighted by molar-refractivity contribution is -0.142. The SMILES string of the molecule is CCS(=O)(=O)c1ccc2c(c1)N(C(C)C)C(=O)C(CC(=O)O)O2. The molecular weight excluding hydrogens is 322 g/mol. The van der Waals surface area contributed by atoms with E-state index in [-0.39, 0.29) is 16.7 Å². The number of hydrogen-bond acceptors (Lipinski definition) is 5. The highest BCUT2D eigenvalue weighted by Gasteiger charge is 2.37. The number of amides is 1. The van der Waals surface area contributed by atoms with Gasteiger partial charge < -0.3 is 14.7 Å². The molecular formula is C15H19NO6S. The van der Waals surface area contributed by atoms with Crippen molar-refractivity contribution in [2.24, 2.45) is 0 Å². The van der Waals surface area contributed by atoms with Crippen LogP contribution in [0.1, 0.15) is 27.2 Å². The Balaban J connectivity index is 2.54. The Morgan fingerprint density at radius 3 is 2.57 bits per heavy atom. The predicted molar refractivity (Wildman–Crippen MR) is 83.5 cm³/mol. The summed E-state index contributed by atoms with van der Waals surface area (Å²) >= 11 is 0. The summed E-state index contributed by atoms with van der Waals surface area (Å²) in [5.74, 6) is -1.37. The topological polar surface area (TPSA) is 101 Å². The summed E-state index contributed by atoms with van der Waals surface area (Å²) in [7, 11) is -3.42. The highest BCUT2D eigenvalue weighted by Crippen LogP contribution is 2.38. The van der Waals surface area contributed by atoms with Crippen molar-refractivity contribution in [1.29, 1.82) is 0 Å². The first-order valence-electron chi connectivity index (χ1n) is 7.25. The van der Waals surface area contributed by atoms with Crippen molar-refractivity contribution in [1.82, 2.24) is 0 Å². The van der Waals surface area contributed by atoms with Crippen molar-refractivity contribution in [2.45, 2.75) is 44.2 Å². The summed E-state index contributed by atoms with van der Waals surface area (Å²) in [6.07, 6.45) is -1.56. The fourth-order valence-corrected chi connectivity index (χ4v) is 3.34. The van der Waals surface area contributed by atoms with Crippen LogP contribution >= 0.6 is 0 Å². The Morgan fingerprint density at radius 1 is 1.39 bits per heavy atom. The molecule has 0 radical (unpaired) electrons. The predicted octanol–water partition coefficient (Wildman–Crippen LogP) is 1.46. The lowest BCUT2D eigenvalue weighted by atomic mass is 10.1. The van der Waals surface area contributed by atoms with Crippen molar-refractivity contribution >= 4 is 27.4 Å². The molecule has 1 amide bonds. The standard InChI is InChI=1S/C15H19NO6S/c1-4-23(20,21)10-5-6-12-11(7-10)16(9(2)3)15(19)13(22-12)8-14(17)18/h5-7,9,13H,4,8H2,1-3H3,(H,17,18). The third-order valence-electron chi connectivity index (χ3n) is 3.59. The van der Waals surface area contributed by atoms with Gasteiger partial charge in [0.2, 0.25) is 0 Å². The van der Waals surface area contributed by atoms with Crippen LogP contribution in [0.2, 0.25) is 0 Å². The van der Waals surface area contributed by atoms with E-state index in [9.17, 15) is 18.0 Å². The van der Waals surface area contributed by atoms with Gasteiger partial charge in [-0.3, -0.25) is 9.59 Å². The van der Waals surface area contributed by atoms with Crippen LogP contribution in [0, 0.1) is 0 Å². The van der Waals surface area contributed by atoms with Gasteiger partial charge in [0.05, 0.1) is 22.8 Å². The smallest absolute Gasteiger partial charge is 0.307 e. The number of aliphatic carboxylic acids is 1. The molecule has 0 aliphatic carbocycles. The van der Waals surface area contributed by atoms with Gasteiger partial charge >= 0.3 is 5.97 Å². The van der Waals surface area contributed by atoms with Crippen molar-refractivity contribution < 1.29 is 27.9 Å². The maximum atomic E-state index is 12.5. The summed E-state index contributed by atoms with van der Waals surface area (Å²) in [5, 5.41) is 8.91. The Kier molecular flexibility index (Phi) is 4.65. The van der Waals surface area contributed by atoms with Crippen LogP contribution in [0.5, 0.6) is 5.75 Å². The van der Waals surface area contributed by atoms with E-state index in [4.69, 9.17) is 9.84 Å². The van der Waals surface area contributed by atoms with Gasteiger partial charge in [-0.1, -0.05) is 6.92 Å². The van der Waals surface area contributed by atoms with Gasteiger partial charge in [-0.15, -0.1) is 0 Å². The summed E-state index contributed by atoms with van der Waals surface area (Å²) < 4.78 is 29.5. The fourth-order valence-electron chi connectivity index (χ4n) is 2.44. The number of carboxylic acids is 1. The molecule has 1 N–H and O–H groups in total. The second kappa shape index (κ2) is 6.19. The van der Waals surface area contributed by atoms with Crippen molar-refractivity contribution in [3.63, 3.8) is 0 Å². The molecule has 1 atom stereocenters. The Bertz CT molecular complexity index is 740. The lowest BCUT2D eigenvalue weighted by Crippen LogP contribution is -2.49. The van der Waals surface area contributed by atoms with E-state index in [1.54, 1.807) is 20.8 Å². The number of sulfone groups is 1. The second-order valence-electron chi connectivity index (χ2n) is 5.54. The van der Waals surface area contributed by atoms with Crippen molar-refractivity contribution in [3.8, 4) is 5.75 Å². The summed E-state index contributed by atoms with van der Waals surface area (Å²) in [5.41, 5.74) is 0.348. The molecule has 1 aromatic rings. The minimum absolute atomic E-state index is 0.0517. The molecule has 0 aromatic heterocycles. The van der Waals surface area contributed by atoms with Crippen LogP contribution in [0.15, 0.2) is 23.1 Å². The second-order valence-corrected chi connectivity index (χ2v) is 7.82. The third kappa shape index (κ3) is 3.31. The molecule has 8 heteroatoms. The number of ether oxygens (including phenoxy) is 1. The minimum Gasteiger partial charge on any atom is -0.481 e. The largest absolute Gasteiger partial charge is 0.481 e. The first-order chi connectivity index (χ1) is 10.7. The van der Waals surface area contributed by atoms with Crippen molar-refractivity contribution in [2.75, 3.05) is 10.7 Å². The highest BCUT2D eigenvalue weighted by molar-refractivity contribution is 7.91. The molecule has 0 bridgehead atoms. The molecule has 0 fully saturated rings. The number of carbonyl (C=O) groups is 2. The van der Waals surface area contributed by atoms with Crippen LogP contribution < -0.4 is 9.64 Å². The van der Waals surface area contributed by atoms with E-state index < -0.39 is 34.2 Å². The highest BCUT2D eigenvalue weighted by atomic mass is 32.2. The number of carboxylic acid groups (broad SMARTS) is 1. The fraction of sp³-hybridized carbons (Fsp3) is 0.467. The molecule has 2 rings (SSSR count). The molecule has 126 valence electrons. The molecule has 1 heterocycles. The maximum absolute atomic E-state index is 12.5. The van der Waals surface area contributed by atoms with Crippen molar-refractivity contribution in [3.05, 3.63) is 18.2 Å². The van der Waals surface area contributed by atoms with E-state index >= 15 is 0 Å². The van der Waals surface area contributed by atoms with E-state index in [1.165, 1.54) is 23.1 Å². The van der Waals surface area contributed by atoms with Gasteiger partial charge in [0.15, 0.2) is 15.9 Å². The van der Waals surface area contributed by atoms with E-state index in [0.29, 0.717) is 11.4 Å². The number of fused-ring (bicyclic) bond motifs is 1. The van der Waals surface area contributed by atoms with Gasteiger partial charge in [-0.05, 0) is 32.0 Å². The van der Waals surface area contributed by atoms with Gasteiger partial charge in [0.25, 0.3) is 5.91 Å². The molecule has 0 spiro atoms. The molecule has 1 unspecified atom stereocenters. The normalized spacial score (nSPS) is 17.8. The van der Waals surface area contributed by atoms with Gasteiger partial charge in [-0.2, -0.15) is 0 Å². The molecule has 23 heavy (non-hydrogen) atoms. The van der Waals surface area contributed by atoms with E-state index in [1.807, 2.05) is 0 Å². The number of anilines is 1. The number of rotatable bonds is 5. The zero-order valence-corrected chi connectivity index (χ0v) is 14.0. The Hall–Kier alpha value is -2.09. The zero-order chi connectivity index (χ0) is 17.4. The first-order valence-corrected chi connectivity index (χ1v) is 8.91. The average Bonchev–Trinajstić information content (AvgIpc) is 2.46. The van der Waals surface area contributed by atoms with Gasteiger partial charge in [0.1, 0.15) is 5.75 Å². The van der Waals surface area contributed by atoms with Crippen LogP contribution in [0.3, 0.4) is 0 Å². The molecule has 0 saturated heterocycles. The van der Waals surface area contributed by atoms with E-state index in [0.717, 1.165) is 0 Å². The lowest BCUT2D eigenvalue weighted by Gasteiger charge is -2.36. The quantitative estimate of drug-likeness (QED) is 0.870. The Labute approximate surface area is 134 Å². The Morgan fingerprint density at radius 2 is 2.04 bits per heavy atom. The number of benzene rings is 1. The summed E-state index contributed by atoms with van der Waals surface area (Å²) in [4.78, 5) is 24.9. The van der Waals surface area contributed by atoms with Crippen LogP contribution in [0.4, 0.5) is 5.69 Å². The summed E-state index contributed by atoms with van der Waals surface area (Å²) in [6, 6.07) is 4.02. The zero-order valence-electron chi connectivity index (χ0n) is 13.1. The van der Waals surface area contributed by atoms with Crippen LogP contribution in [-0.2, 0) is 19.4 Å². The molecule has 7 nitrogen and oxygen atoms in total. The molecule has 1 aliphatic rings. The molecule has 1 aliphatic heterocycles. The number of nitrogens with zero attached hydrogens (tertiary/aromatic N) is 1. The van der Waals surface area contributed by atoms with Gasteiger partial charge in [-0.25, -0.2) is 8.42 Å². The first kappa shape index (κ1) is 17.3.